The average Bonchev–Trinajstić information content (AvgIpc) is 2.82. The van der Waals surface area contributed by atoms with E-state index in [4.69, 9.17) is 5.73 Å². The van der Waals surface area contributed by atoms with Crippen LogP contribution in [0.15, 0.2) is 30.5 Å². The molecule has 4 nitrogen and oxygen atoms in total. The number of nitrogens with zero attached hydrogens (tertiary/aromatic N) is 3. The number of benzene rings is 1. The van der Waals surface area contributed by atoms with Crippen LogP contribution < -0.4 is 10.6 Å². The summed E-state index contributed by atoms with van der Waals surface area (Å²) in [7, 11) is 2.00. The second kappa shape index (κ2) is 4.96. The predicted octanol–water partition coefficient (Wildman–Crippen LogP) is 2.00. The van der Waals surface area contributed by atoms with Gasteiger partial charge in [0.25, 0.3) is 0 Å². The van der Waals surface area contributed by atoms with E-state index in [0.717, 1.165) is 31.6 Å². The summed E-state index contributed by atoms with van der Waals surface area (Å²) in [5.74, 6) is 0. The molecule has 0 saturated heterocycles. The van der Waals surface area contributed by atoms with Crippen LogP contribution in [0.3, 0.4) is 0 Å². The van der Waals surface area contributed by atoms with Gasteiger partial charge in [-0.1, -0.05) is 6.07 Å². The minimum atomic E-state index is 0.853. The van der Waals surface area contributed by atoms with E-state index >= 15 is 0 Å². The number of nitrogen functional groups attached to an aromatic ring is 1. The zero-order valence-electron chi connectivity index (χ0n) is 11.3. The summed E-state index contributed by atoms with van der Waals surface area (Å²) in [6.07, 6.45) is 5.27. The Kier molecular flexibility index (Phi) is 3.15. The van der Waals surface area contributed by atoms with E-state index in [1.165, 1.54) is 23.4 Å². The molecule has 19 heavy (non-hydrogen) atoms. The molecule has 0 aliphatic carbocycles. The van der Waals surface area contributed by atoms with Crippen molar-refractivity contribution in [2.45, 2.75) is 19.3 Å². The van der Waals surface area contributed by atoms with Crippen LogP contribution in [0.2, 0.25) is 0 Å². The normalized spacial score (nSPS) is 14.5. The minimum absolute atomic E-state index is 0.853. The number of hydrogen-bond acceptors (Lipinski definition) is 3. The Bertz CT molecular complexity index is 573. The van der Waals surface area contributed by atoms with Crippen LogP contribution in [0.4, 0.5) is 11.4 Å². The molecule has 3 rings (SSSR count). The van der Waals surface area contributed by atoms with Crippen molar-refractivity contribution >= 4 is 11.4 Å². The average molecular weight is 256 g/mol. The summed E-state index contributed by atoms with van der Waals surface area (Å²) in [6.45, 7) is 2.14. The number of aryl methyl sites for hydroxylation is 2. The first-order valence-electron chi connectivity index (χ1n) is 6.84. The summed E-state index contributed by atoms with van der Waals surface area (Å²) in [5, 5.41) is 4.22. The highest BCUT2D eigenvalue weighted by molar-refractivity contribution is 5.62. The molecule has 1 aliphatic rings. The molecule has 0 saturated carbocycles. The van der Waals surface area contributed by atoms with E-state index in [2.05, 4.69) is 28.2 Å². The molecule has 0 spiro atoms. The Balaban J connectivity index is 1.76. The standard InChI is InChI=1S/C15H20N4/c1-18-14(6-8-17-18)7-10-19-9-2-3-12-4-5-13(16)11-15(12)19/h4-6,8,11H,2-3,7,9-10,16H2,1H3. The minimum Gasteiger partial charge on any atom is -0.399 e. The molecular formula is C15H20N4. The Morgan fingerprint density at radius 1 is 1.32 bits per heavy atom. The van der Waals surface area contributed by atoms with Crippen molar-refractivity contribution in [2.75, 3.05) is 23.7 Å². The summed E-state index contributed by atoms with van der Waals surface area (Å²) in [6, 6.07) is 8.37. The molecule has 0 atom stereocenters. The number of anilines is 2. The van der Waals surface area contributed by atoms with Crippen molar-refractivity contribution in [1.82, 2.24) is 9.78 Å². The van der Waals surface area contributed by atoms with E-state index in [-0.39, 0.29) is 0 Å². The number of fused-ring (bicyclic) bond motifs is 1. The third kappa shape index (κ3) is 2.43. The molecular weight excluding hydrogens is 236 g/mol. The molecule has 2 aromatic rings. The van der Waals surface area contributed by atoms with Gasteiger partial charge in [0.05, 0.1) is 0 Å². The van der Waals surface area contributed by atoms with Gasteiger partial charge >= 0.3 is 0 Å². The Morgan fingerprint density at radius 2 is 2.21 bits per heavy atom. The third-order valence-electron chi connectivity index (χ3n) is 3.88. The SMILES string of the molecule is Cn1nccc1CCN1CCCc2ccc(N)cc21. The Morgan fingerprint density at radius 3 is 3.00 bits per heavy atom. The number of hydrogen-bond donors (Lipinski definition) is 1. The van der Waals surface area contributed by atoms with Crippen molar-refractivity contribution in [3.05, 3.63) is 41.7 Å². The van der Waals surface area contributed by atoms with Gasteiger partial charge in [0.2, 0.25) is 0 Å². The number of aromatic nitrogens is 2. The van der Waals surface area contributed by atoms with Gasteiger partial charge in [-0.3, -0.25) is 4.68 Å². The van der Waals surface area contributed by atoms with Crippen molar-refractivity contribution in [2.24, 2.45) is 7.05 Å². The fraction of sp³-hybridized carbons (Fsp3) is 0.400. The third-order valence-corrected chi connectivity index (χ3v) is 3.88. The number of nitrogens with two attached hydrogens (primary N) is 1. The van der Waals surface area contributed by atoms with Gasteiger partial charge in [-0.25, -0.2) is 0 Å². The molecule has 0 radical (unpaired) electrons. The van der Waals surface area contributed by atoms with Crippen LogP contribution in [-0.2, 0) is 19.9 Å². The van der Waals surface area contributed by atoms with Crippen LogP contribution in [0.1, 0.15) is 17.7 Å². The molecule has 2 heterocycles. The van der Waals surface area contributed by atoms with Gasteiger partial charge in [0, 0.05) is 49.8 Å². The van der Waals surface area contributed by atoms with Crippen molar-refractivity contribution in [3.63, 3.8) is 0 Å². The van der Waals surface area contributed by atoms with Gasteiger partial charge < -0.3 is 10.6 Å². The molecule has 4 heteroatoms. The molecule has 1 aromatic heterocycles. The van der Waals surface area contributed by atoms with E-state index in [0.29, 0.717) is 0 Å². The van der Waals surface area contributed by atoms with E-state index in [1.54, 1.807) is 0 Å². The maximum atomic E-state index is 5.92. The summed E-state index contributed by atoms with van der Waals surface area (Å²) < 4.78 is 1.95. The maximum absolute atomic E-state index is 5.92. The van der Waals surface area contributed by atoms with Crippen molar-refractivity contribution < 1.29 is 0 Å². The fourth-order valence-electron chi connectivity index (χ4n) is 2.80. The first-order chi connectivity index (χ1) is 9.24. The maximum Gasteiger partial charge on any atom is 0.0492 e. The molecule has 100 valence electrons. The molecule has 0 bridgehead atoms. The lowest BCUT2D eigenvalue weighted by molar-refractivity contribution is 0.656. The molecule has 2 N–H and O–H groups in total. The smallest absolute Gasteiger partial charge is 0.0492 e. The highest BCUT2D eigenvalue weighted by atomic mass is 15.3. The lowest BCUT2D eigenvalue weighted by Crippen LogP contribution is -2.31. The van der Waals surface area contributed by atoms with Crippen molar-refractivity contribution in [3.8, 4) is 0 Å². The van der Waals surface area contributed by atoms with Gasteiger partial charge in [0.1, 0.15) is 0 Å². The zero-order chi connectivity index (χ0) is 13.2. The van der Waals surface area contributed by atoms with Gasteiger partial charge in [-0.15, -0.1) is 0 Å². The van der Waals surface area contributed by atoms with Crippen LogP contribution >= 0.6 is 0 Å². The van der Waals surface area contributed by atoms with Crippen LogP contribution in [0.5, 0.6) is 0 Å². The van der Waals surface area contributed by atoms with E-state index in [1.807, 2.05) is 24.0 Å². The van der Waals surface area contributed by atoms with Gasteiger partial charge in [-0.2, -0.15) is 5.10 Å². The largest absolute Gasteiger partial charge is 0.399 e. The topological polar surface area (TPSA) is 47.1 Å². The number of rotatable bonds is 3. The van der Waals surface area contributed by atoms with Crippen LogP contribution in [0.25, 0.3) is 0 Å². The molecule has 0 unspecified atom stereocenters. The second-order valence-electron chi connectivity index (χ2n) is 5.17. The molecule has 1 aromatic carbocycles. The lowest BCUT2D eigenvalue weighted by atomic mass is 10.0. The quantitative estimate of drug-likeness (QED) is 0.854. The molecule has 1 aliphatic heterocycles. The summed E-state index contributed by atoms with van der Waals surface area (Å²) in [5.41, 5.74) is 10.8. The first-order valence-corrected chi connectivity index (χ1v) is 6.84. The highest BCUT2D eigenvalue weighted by Crippen LogP contribution is 2.29. The highest BCUT2D eigenvalue weighted by Gasteiger charge is 2.17. The molecule has 0 amide bonds. The Labute approximate surface area is 113 Å². The van der Waals surface area contributed by atoms with Crippen LogP contribution in [-0.4, -0.2) is 22.9 Å². The van der Waals surface area contributed by atoms with E-state index < -0.39 is 0 Å². The fourth-order valence-corrected chi connectivity index (χ4v) is 2.80. The summed E-state index contributed by atoms with van der Waals surface area (Å²) in [4.78, 5) is 2.45. The second-order valence-corrected chi connectivity index (χ2v) is 5.17. The van der Waals surface area contributed by atoms with Gasteiger partial charge in [-0.05, 0) is 36.6 Å². The van der Waals surface area contributed by atoms with Crippen molar-refractivity contribution in [1.29, 1.82) is 0 Å². The molecule has 0 fully saturated rings. The zero-order valence-corrected chi connectivity index (χ0v) is 11.3. The van der Waals surface area contributed by atoms with Gasteiger partial charge in [0.15, 0.2) is 0 Å². The first kappa shape index (κ1) is 12.1. The monoisotopic (exact) mass is 256 g/mol. The Hall–Kier alpha value is -1.97. The van der Waals surface area contributed by atoms with Crippen LogP contribution in [0, 0.1) is 0 Å². The van der Waals surface area contributed by atoms with E-state index in [9.17, 15) is 0 Å². The lowest BCUT2D eigenvalue weighted by Gasteiger charge is -2.31. The summed E-state index contributed by atoms with van der Waals surface area (Å²) >= 11 is 0. The predicted molar refractivity (Wildman–Crippen MR) is 78.3 cm³/mol.